The second-order valence-corrected chi connectivity index (χ2v) is 5.10. The Morgan fingerprint density at radius 1 is 1.30 bits per heavy atom. The lowest BCUT2D eigenvalue weighted by atomic mass is 10.0. The number of methoxy groups -OCH3 is 1. The van der Waals surface area contributed by atoms with Gasteiger partial charge in [-0.25, -0.2) is 0 Å². The Balaban J connectivity index is 2.86. The Morgan fingerprint density at radius 3 is 2.55 bits per heavy atom. The lowest BCUT2D eigenvalue weighted by molar-refractivity contribution is -0.0367. The van der Waals surface area contributed by atoms with Crippen LogP contribution < -0.4 is 4.74 Å². The molecule has 0 saturated carbocycles. The fourth-order valence-corrected chi connectivity index (χ4v) is 2.49. The van der Waals surface area contributed by atoms with Crippen LogP contribution in [0.25, 0.3) is 0 Å². The number of aryl methyl sites for hydroxylation is 1. The highest BCUT2D eigenvalue weighted by molar-refractivity contribution is 5.41. The Kier molecular flexibility index (Phi) is 6.96. The zero-order chi connectivity index (χ0) is 15.1. The molecule has 1 rings (SSSR count). The number of pyridine rings is 1. The van der Waals surface area contributed by atoms with Crippen LogP contribution in [0.3, 0.4) is 0 Å². The molecule has 0 aliphatic heterocycles. The van der Waals surface area contributed by atoms with Crippen molar-refractivity contribution in [2.45, 2.75) is 59.2 Å². The molecular formula is C16H27NO3. The SMILES string of the molecule is CCCC(OCC)C(O)Cc1ncc(C)c(OC)c1C. The monoisotopic (exact) mass is 281 g/mol. The summed E-state index contributed by atoms with van der Waals surface area (Å²) in [6.07, 6.45) is 3.48. The molecule has 0 radical (unpaired) electrons. The summed E-state index contributed by atoms with van der Waals surface area (Å²) in [4.78, 5) is 4.43. The Morgan fingerprint density at radius 2 is 2.00 bits per heavy atom. The van der Waals surface area contributed by atoms with Crippen molar-refractivity contribution < 1.29 is 14.6 Å². The average Bonchev–Trinajstić information content (AvgIpc) is 2.42. The van der Waals surface area contributed by atoms with E-state index in [1.165, 1.54) is 0 Å². The van der Waals surface area contributed by atoms with Crippen LogP contribution in [-0.4, -0.2) is 36.0 Å². The van der Waals surface area contributed by atoms with Crippen molar-refractivity contribution in [2.75, 3.05) is 13.7 Å². The number of aliphatic hydroxyl groups excluding tert-OH is 1. The molecule has 0 saturated heterocycles. The lowest BCUT2D eigenvalue weighted by Crippen LogP contribution is -2.31. The second-order valence-electron chi connectivity index (χ2n) is 5.10. The molecule has 0 spiro atoms. The predicted octanol–water partition coefficient (Wildman–Crippen LogP) is 2.82. The first kappa shape index (κ1) is 16.9. The molecular weight excluding hydrogens is 254 g/mol. The molecule has 1 heterocycles. The molecule has 0 aromatic carbocycles. The lowest BCUT2D eigenvalue weighted by Gasteiger charge is -2.23. The molecule has 1 N–H and O–H groups in total. The summed E-state index contributed by atoms with van der Waals surface area (Å²) in [6, 6.07) is 0. The first-order chi connectivity index (χ1) is 9.54. The van der Waals surface area contributed by atoms with Gasteiger partial charge < -0.3 is 14.6 Å². The Hall–Kier alpha value is -1.13. The molecule has 2 atom stereocenters. The van der Waals surface area contributed by atoms with E-state index in [1.807, 2.05) is 20.8 Å². The van der Waals surface area contributed by atoms with Crippen LogP contribution in [0.4, 0.5) is 0 Å². The molecule has 1 aromatic heterocycles. The standard InChI is InChI=1S/C16H27NO3/c1-6-8-15(20-7-2)14(18)9-13-12(4)16(19-5)11(3)10-17-13/h10,14-15,18H,6-9H2,1-5H3. The van der Waals surface area contributed by atoms with Gasteiger partial charge in [-0.15, -0.1) is 0 Å². The summed E-state index contributed by atoms with van der Waals surface area (Å²) in [5.41, 5.74) is 2.89. The van der Waals surface area contributed by atoms with Crippen molar-refractivity contribution in [3.8, 4) is 5.75 Å². The smallest absolute Gasteiger partial charge is 0.128 e. The zero-order valence-electron chi connectivity index (χ0n) is 13.3. The molecule has 0 amide bonds. The van der Waals surface area contributed by atoms with E-state index in [2.05, 4.69) is 11.9 Å². The zero-order valence-corrected chi connectivity index (χ0v) is 13.3. The number of hydrogen-bond acceptors (Lipinski definition) is 4. The van der Waals surface area contributed by atoms with E-state index in [9.17, 15) is 5.11 Å². The van der Waals surface area contributed by atoms with Crippen molar-refractivity contribution in [1.29, 1.82) is 0 Å². The van der Waals surface area contributed by atoms with Crippen LogP contribution in [0.2, 0.25) is 0 Å². The van der Waals surface area contributed by atoms with Crippen LogP contribution in [0.5, 0.6) is 5.75 Å². The van der Waals surface area contributed by atoms with E-state index in [0.717, 1.165) is 35.4 Å². The van der Waals surface area contributed by atoms with Gasteiger partial charge in [0.2, 0.25) is 0 Å². The van der Waals surface area contributed by atoms with Gasteiger partial charge in [0.1, 0.15) is 5.75 Å². The molecule has 20 heavy (non-hydrogen) atoms. The van der Waals surface area contributed by atoms with Gasteiger partial charge in [-0.3, -0.25) is 4.98 Å². The van der Waals surface area contributed by atoms with Gasteiger partial charge in [-0.1, -0.05) is 13.3 Å². The van der Waals surface area contributed by atoms with Crippen LogP contribution in [0.15, 0.2) is 6.20 Å². The van der Waals surface area contributed by atoms with Gasteiger partial charge in [-0.05, 0) is 27.2 Å². The summed E-state index contributed by atoms with van der Waals surface area (Å²) in [5.74, 6) is 0.852. The van der Waals surface area contributed by atoms with E-state index in [1.54, 1.807) is 13.3 Å². The highest BCUT2D eigenvalue weighted by Gasteiger charge is 2.21. The number of aromatic nitrogens is 1. The van der Waals surface area contributed by atoms with Crippen molar-refractivity contribution in [3.05, 3.63) is 23.0 Å². The fourth-order valence-electron chi connectivity index (χ4n) is 2.49. The Labute approximate surface area is 122 Å². The van der Waals surface area contributed by atoms with E-state index in [4.69, 9.17) is 9.47 Å². The maximum Gasteiger partial charge on any atom is 0.128 e. The predicted molar refractivity (Wildman–Crippen MR) is 80.3 cm³/mol. The van der Waals surface area contributed by atoms with Crippen LogP contribution in [0, 0.1) is 13.8 Å². The van der Waals surface area contributed by atoms with Gasteiger partial charge in [0.15, 0.2) is 0 Å². The largest absolute Gasteiger partial charge is 0.496 e. The number of hydrogen-bond donors (Lipinski definition) is 1. The normalized spacial score (nSPS) is 14.1. The van der Waals surface area contributed by atoms with Crippen LogP contribution >= 0.6 is 0 Å². The number of ether oxygens (including phenoxy) is 2. The van der Waals surface area contributed by atoms with Gasteiger partial charge in [0, 0.05) is 36.0 Å². The maximum absolute atomic E-state index is 10.4. The average molecular weight is 281 g/mol. The molecule has 1 aromatic rings. The molecule has 0 aliphatic carbocycles. The van der Waals surface area contributed by atoms with E-state index >= 15 is 0 Å². The van der Waals surface area contributed by atoms with E-state index in [0.29, 0.717) is 13.0 Å². The molecule has 0 fully saturated rings. The summed E-state index contributed by atoms with van der Waals surface area (Å²) >= 11 is 0. The molecule has 114 valence electrons. The van der Waals surface area contributed by atoms with Gasteiger partial charge >= 0.3 is 0 Å². The van der Waals surface area contributed by atoms with E-state index < -0.39 is 6.10 Å². The summed E-state index contributed by atoms with van der Waals surface area (Å²) in [5, 5.41) is 10.4. The minimum Gasteiger partial charge on any atom is -0.496 e. The van der Waals surface area contributed by atoms with E-state index in [-0.39, 0.29) is 6.10 Å². The van der Waals surface area contributed by atoms with Gasteiger partial charge in [0.05, 0.1) is 19.3 Å². The Bertz CT molecular complexity index is 414. The number of aliphatic hydroxyl groups is 1. The molecule has 0 bridgehead atoms. The van der Waals surface area contributed by atoms with Crippen molar-refractivity contribution in [1.82, 2.24) is 4.98 Å². The van der Waals surface area contributed by atoms with Gasteiger partial charge in [0.25, 0.3) is 0 Å². The molecule has 0 aliphatic rings. The third-order valence-corrected chi connectivity index (χ3v) is 3.54. The first-order valence-corrected chi connectivity index (χ1v) is 7.33. The summed E-state index contributed by atoms with van der Waals surface area (Å²) in [7, 11) is 1.66. The maximum atomic E-state index is 10.4. The van der Waals surface area contributed by atoms with Crippen molar-refractivity contribution in [3.63, 3.8) is 0 Å². The highest BCUT2D eigenvalue weighted by atomic mass is 16.5. The third-order valence-electron chi connectivity index (χ3n) is 3.54. The molecule has 2 unspecified atom stereocenters. The molecule has 4 heteroatoms. The fraction of sp³-hybridized carbons (Fsp3) is 0.688. The van der Waals surface area contributed by atoms with Crippen LogP contribution in [-0.2, 0) is 11.2 Å². The quantitative estimate of drug-likeness (QED) is 0.796. The van der Waals surface area contributed by atoms with Crippen molar-refractivity contribution in [2.24, 2.45) is 0 Å². The van der Waals surface area contributed by atoms with Crippen LogP contribution in [0.1, 0.15) is 43.5 Å². The second kappa shape index (κ2) is 8.22. The first-order valence-electron chi connectivity index (χ1n) is 7.33. The number of rotatable bonds is 8. The summed E-state index contributed by atoms with van der Waals surface area (Å²) < 4.78 is 11.0. The minimum atomic E-state index is -0.534. The minimum absolute atomic E-state index is 0.126. The topological polar surface area (TPSA) is 51.6 Å². The van der Waals surface area contributed by atoms with Gasteiger partial charge in [-0.2, -0.15) is 0 Å². The van der Waals surface area contributed by atoms with Crippen molar-refractivity contribution >= 4 is 0 Å². The highest BCUT2D eigenvalue weighted by Crippen LogP contribution is 2.25. The third kappa shape index (κ3) is 4.18. The molecule has 4 nitrogen and oxygen atoms in total. The summed E-state index contributed by atoms with van der Waals surface area (Å²) in [6.45, 7) is 8.62. The number of nitrogens with zero attached hydrogens (tertiary/aromatic N) is 1.